The molecule has 1 fully saturated rings. The SMILES string of the molecule is Cc1nnc(NCC2CCN(C)C2c2ccc(Cl)c(F)c2)s1. The van der Waals surface area contributed by atoms with Gasteiger partial charge in [-0.25, -0.2) is 4.39 Å². The lowest BCUT2D eigenvalue weighted by atomic mass is 9.93. The van der Waals surface area contributed by atoms with Crippen molar-refractivity contribution in [2.45, 2.75) is 19.4 Å². The maximum absolute atomic E-state index is 13.8. The van der Waals surface area contributed by atoms with Crippen LogP contribution in [-0.4, -0.2) is 35.2 Å². The van der Waals surface area contributed by atoms with Crippen molar-refractivity contribution in [3.63, 3.8) is 0 Å². The predicted molar refractivity (Wildman–Crippen MR) is 88.0 cm³/mol. The molecule has 1 aliphatic heterocycles. The highest BCUT2D eigenvalue weighted by Gasteiger charge is 2.33. The molecule has 2 aromatic rings. The first kappa shape index (κ1) is 15.6. The number of likely N-dealkylation sites (tertiary alicyclic amines) is 1. The molecule has 1 saturated heterocycles. The number of aryl methyl sites for hydroxylation is 1. The van der Waals surface area contributed by atoms with Crippen LogP contribution < -0.4 is 5.32 Å². The van der Waals surface area contributed by atoms with Gasteiger partial charge in [-0.05, 0) is 50.6 Å². The molecule has 0 radical (unpaired) electrons. The van der Waals surface area contributed by atoms with Gasteiger partial charge >= 0.3 is 0 Å². The standard InChI is InChI=1S/C15H18ClFN4S/c1-9-19-20-15(22-9)18-8-11-5-6-21(2)14(11)10-3-4-12(16)13(17)7-10/h3-4,7,11,14H,5-6,8H2,1-2H3,(H,18,20). The van der Waals surface area contributed by atoms with E-state index in [4.69, 9.17) is 11.6 Å². The van der Waals surface area contributed by atoms with E-state index in [1.54, 1.807) is 23.5 Å². The molecule has 0 spiro atoms. The largest absolute Gasteiger partial charge is 0.360 e. The molecule has 1 aliphatic rings. The van der Waals surface area contributed by atoms with E-state index in [2.05, 4.69) is 27.5 Å². The maximum Gasteiger partial charge on any atom is 0.205 e. The number of aromatic nitrogens is 2. The first-order chi connectivity index (χ1) is 10.5. The summed E-state index contributed by atoms with van der Waals surface area (Å²) in [7, 11) is 2.08. The minimum atomic E-state index is -0.356. The lowest BCUT2D eigenvalue weighted by Gasteiger charge is -2.26. The average molecular weight is 341 g/mol. The second-order valence-electron chi connectivity index (χ2n) is 5.65. The molecule has 2 atom stereocenters. The Hall–Kier alpha value is -1.24. The van der Waals surface area contributed by atoms with Gasteiger partial charge in [-0.2, -0.15) is 0 Å². The molecule has 22 heavy (non-hydrogen) atoms. The Labute approximate surface area is 138 Å². The molecule has 0 bridgehead atoms. The van der Waals surface area contributed by atoms with Gasteiger partial charge in [0.15, 0.2) is 0 Å². The molecule has 1 aromatic carbocycles. The first-order valence-corrected chi connectivity index (χ1v) is 8.43. The smallest absolute Gasteiger partial charge is 0.205 e. The number of rotatable bonds is 4. The summed E-state index contributed by atoms with van der Waals surface area (Å²) in [4.78, 5) is 2.26. The third kappa shape index (κ3) is 3.24. The molecule has 7 heteroatoms. The van der Waals surface area contributed by atoms with E-state index < -0.39 is 0 Å². The summed E-state index contributed by atoms with van der Waals surface area (Å²) >= 11 is 7.34. The number of hydrogen-bond donors (Lipinski definition) is 1. The topological polar surface area (TPSA) is 41.1 Å². The summed E-state index contributed by atoms with van der Waals surface area (Å²) in [5.74, 6) is 0.0423. The van der Waals surface area contributed by atoms with Crippen LogP contribution in [0.2, 0.25) is 5.02 Å². The number of halogens is 2. The summed E-state index contributed by atoms with van der Waals surface area (Å²) in [6.07, 6.45) is 1.07. The van der Waals surface area contributed by atoms with E-state index in [1.165, 1.54) is 0 Å². The van der Waals surface area contributed by atoms with Crippen molar-refractivity contribution in [1.29, 1.82) is 0 Å². The fourth-order valence-electron chi connectivity index (χ4n) is 3.05. The summed E-state index contributed by atoms with van der Waals surface area (Å²) in [5.41, 5.74) is 0.974. The monoisotopic (exact) mass is 340 g/mol. The zero-order chi connectivity index (χ0) is 15.7. The lowest BCUT2D eigenvalue weighted by molar-refractivity contribution is 0.281. The van der Waals surface area contributed by atoms with Crippen LogP contribution in [0.25, 0.3) is 0 Å². The third-order valence-corrected chi connectivity index (χ3v) is 5.20. The van der Waals surface area contributed by atoms with Crippen molar-refractivity contribution >= 4 is 28.1 Å². The molecule has 3 rings (SSSR count). The second kappa shape index (κ2) is 6.48. The molecule has 2 unspecified atom stereocenters. The lowest BCUT2D eigenvalue weighted by Crippen LogP contribution is -2.25. The van der Waals surface area contributed by atoms with Gasteiger partial charge in [0.05, 0.1) is 5.02 Å². The molecule has 0 aliphatic carbocycles. The Kier molecular flexibility index (Phi) is 4.61. The quantitative estimate of drug-likeness (QED) is 0.920. The second-order valence-corrected chi connectivity index (χ2v) is 7.24. The van der Waals surface area contributed by atoms with Crippen molar-refractivity contribution in [1.82, 2.24) is 15.1 Å². The van der Waals surface area contributed by atoms with Crippen LogP contribution in [0.3, 0.4) is 0 Å². The minimum Gasteiger partial charge on any atom is -0.360 e. The summed E-state index contributed by atoms with van der Waals surface area (Å²) < 4.78 is 13.8. The van der Waals surface area contributed by atoms with E-state index in [-0.39, 0.29) is 16.9 Å². The predicted octanol–water partition coefficient (Wildman–Crippen LogP) is 3.74. The third-order valence-electron chi connectivity index (χ3n) is 4.10. The molecule has 1 N–H and O–H groups in total. The highest BCUT2D eigenvalue weighted by atomic mass is 35.5. The van der Waals surface area contributed by atoms with E-state index in [1.807, 2.05) is 13.0 Å². The zero-order valence-corrected chi connectivity index (χ0v) is 14.1. The van der Waals surface area contributed by atoms with Crippen LogP contribution in [-0.2, 0) is 0 Å². The Bertz CT molecular complexity index is 663. The highest BCUT2D eigenvalue weighted by molar-refractivity contribution is 7.15. The van der Waals surface area contributed by atoms with Crippen molar-refractivity contribution < 1.29 is 4.39 Å². The van der Waals surface area contributed by atoms with E-state index in [0.717, 1.165) is 35.2 Å². The van der Waals surface area contributed by atoms with Crippen LogP contribution in [0.15, 0.2) is 18.2 Å². The molecule has 2 heterocycles. The molecule has 0 amide bonds. The Morgan fingerprint density at radius 2 is 2.27 bits per heavy atom. The number of benzene rings is 1. The van der Waals surface area contributed by atoms with Crippen LogP contribution in [0.1, 0.15) is 23.0 Å². The number of hydrogen-bond acceptors (Lipinski definition) is 5. The van der Waals surface area contributed by atoms with E-state index >= 15 is 0 Å². The van der Waals surface area contributed by atoms with Gasteiger partial charge in [0.25, 0.3) is 0 Å². The van der Waals surface area contributed by atoms with E-state index in [9.17, 15) is 4.39 Å². The van der Waals surface area contributed by atoms with Crippen molar-refractivity contribution in [3.05, 3.63) is 39.6 Å². The molecule has 0 saturated carbocycles. The van der Waals surface area contributed by atoms with Crippen molar-refractivity contribution in [2.75, 3.05) is 25.5 Å². The molecular weight excluding hydrogens is 323 g/mol. The van der Waals surface area contributed by atoms with Gasteiger partial charge in [0.1, 0.15) is 10.8 Å². The number of nitrogens with zero attached hydrogens (tertiary/aromatic N) is 3. The van der Waals surface area contributed by atoms with Crippen molar-refractivity contribution in [3.8, 4) is 0 Å². The number of nitrogens with one attached hydrogen (secondary N) is 1. The average Bonchev–Trinajstić information content (AvgIpc) is 3.06. The number of anilines is 1. The summed E-state index contributed by atoms with van der Waals surface area (Å²) in [6.45, 7) is 3.73. The Morgan fingerprint density at radius 3 is 2.95 bits per heavy atom. The van der Waals surface area contributed by atoms with Crippen LogP contribution in [0.4, 0.5) is 9.52 Å². The van der Waals surface area contributed by atoms with Crippen LogP contribution in [0.5, 0.6) is 0 Å². The van der Waals surface area contributed by atoms with Gasteiger partial charge in [-0.15, -0.1) is 10.2 Å². The first-order valence-electron chi connectivity index (χ1n) is 7.24. The normalized spacial score (nSPS) is 22.2. The zero-order valence-electron chi connectivity index (χ0n) is 12.5. The molecule has 1 aromatic heterocycles. The van der Waals surface area contributed by atoms with Gasteiger partial charge in [0, 0.05) is 12.6 Å². The van der Waals surface area contributed by atoms with Crippen molar-refractivity contribution in [2.24, 2.45) is 5.92 Å². The van der Waals surface area contributed by atoms with Gasteiger partial charge in [-0.3, -0.25) is 4.90 Å². The molecule has 118 valence electrons. The minimum absolute atomic E-state index is 0.170. The highest BCUT2D eigenvalue weighted by Crippen LogP contribution is 2.37. The summed E-state index contributed by atoms with van der Waals surface area (Å²) in [5, 5.41) is 13.4. The van der Waals surface area contributed by atoms with E-state index in [0.29, 0.717) is 5.92 Å². The van der Waals surface area contributed by atoms with Gasteiger partial charge in [-0.1, -0.05) is 29.0 Å². The fourth-order valence-corrected chi connectivity index (χ4v) is 3.77. The van der Waals surface area contributed by atoms with Gasteiger partial charge < -0.3 is 5.32 Å². The molecular formula is C15H18ClFN4S. The molecule has 4 nitrogen and oxygen atoms in total. The van der Waals surface area contributed by atoms with Gasteiger partial charge in [0.2, 0.25) is 5.13 Å². The van der Waals surface area contributed by atoms with Crippen LogP contribution in [0, 0.1) is 18.7 Å². The fraction of sp³-hybridized carbons (Fsp3) is 0.467. The Balaban J connectivity index is 1.74. The maximum atomic E-state index is 13.8. The Morgan fingerprint density at radius 1 is 1.45 bits per heavy atom. The summed E-state index contributed by atoms with van der Waals surface area (Å²) in [6, 6.07) is 5.29. The van der Waals surface area contributed by atoms with Crippen LogP contribution >= 0.6 is 22.9 Å².